The molecular formula is C20H21NO2. The summed E-state index contributed by atoms with van der Waals surface area (Å²) in [5, 5.41) is 3.01. The van der Waals surface area contributed by atoms with Gasteiger partial charge in [-0.1, -0.05) is 35.9 Å². The Bertz CT molecular complexity index is 749. The van der Waals surface area contributed by atoms with Crippen molar-refractivity contribution >= 4 is 12.0 Å². The molecule has 0 bridgehead atoms. The van der Waals surface area contributed by atoms with Crippen molar-refractivity contribution in [3.05, 3.63) is 70.8 Å². The highest BCUT2D eigenvalue weighted by molar-refractivity contribution is 5.92. The highest BCUT2D eigenvalue weighted by Gasteiger charge is 2.15. The Hall–Kier alpha value is -2.55. The van der Waals surface area contributed by atoms with Crippen LogP contribution in [0.3, 0.4) is 0 Å². The number of carbonyl (C=O) groups excluding carboxylic acids is 1. The van der Waals surface area contributed by atoms with Crippen LogP contribution in [-0.4, -0.2) is 12.5 Å². The second-order valence-electron chi connectivity index (χ2n) is 5.94. The van der Waals surface area contributed by atoms with Gasteiger partial charge in [-0.3, -0.25) is 4.79 Å². The third-order valence-electron chi connectivity index (χ3n) is 4.04. The monoisotopic (exact) mass is 307 g/mol. The summed E-state index contributed by atoms with van der Waals surface area (Å²) in [6, 6.07) is 14.2. The summed E-state index contributed by atoms with van der Waals surface area (Å²) < 4.78 is 5.51. The third-order valence-corrected chi connectivity index (χ3v) is 4.04. The van der Waals surface area contributed by atoms with E-state index < -0.39 is 0 Å². The predicted molar refractivity (Wildman–Crippen MR) is 92.4 cm³/mol. The number of fused-ring (bicyclic) bond motifs is 1. The average molecular weight is 307 g/mol. The van der Waals surface area contributed by atoms with Crippen LogP contribution in [0.4, 0.5) is 0 Å². The minimum atomic E-state index is -0.0873. The number of aryl methyl sites for hydroxylation is 1. The molecule has 0 aromatic heterocycles. The number of benzene rings is 2. The molecule has 1 unspecified atom stereocenters. The molecule has 0 radical (unpaired) electrons. The van der Waals surface area contributed by atoms with Gasteiger partial charge in [0.1, 0.15) is 5.75 Å². The van der Waals surface area contributed by atoms with Crippen molar-refractivity contribution in [1.29, 1.82) is 0 Å². The second-order valence-corrected chi connectivity index (χ2v) is 5.94. The molecule has 118 valence electrons. The molecule has 1 amide bonds. The molecule has 1 heterocycles. The molecule has 1 aliphatic rings. The van der Waals surface area contributed by atoms with Crippen molar-refractivity contribution < 1.29 is 9.53 Å². The summed E-state index contributed by atoms with van der Waals surface area (Å²) >= 11 is 0. The van der Waals surface area contributed by atoms with E-state index in [0.29, 0.717) is 0 Å². The van der Waals surface area contributed by atoms with Gasteiger partial charge in [-0.15, -0.1) is 0 Å². The molecule has 1 aliphatic heterocycles. The predicted octanol–water partition coefficient (Wildman–Crippen LogP) is 3.82. The van der Waals surface area contributed by atoms with Crippen LogP contribution in [0.2, 0.25) is 0 Å². The molecule has 0 saturated heterocycles. The highest BCUT2D eigenvalue weighted by Crippen LogP contribution is 2.28. The second kappa shape index (κ2) is 6.69. The third kappa shape index (κ3) is 3.81. The standard InChI is InChI=1S/C20H21NO2/c1-14-4-3-5-16(12-14)6-9-20(22)21-15(2)17-7-8-19-18(13-17)10-11-23-19/h3-9,12-13,15H,10-11H2,1-2H3,(H,21,22). The van der Waals surface area contributed by atoms with E-state index >= 15 is 0 Å². The van der Waals surface area contributed by atoms with Crippen molar-refractivity contribution in [3.63, 3.8) is 0 Å². The smallest absolute Gasteiger partial charge is 0.244 e. The Morgan fingerprint density at radius 2 is 2.13 bits per heavy atom. The molecule has 23 heavy (non-hydrogen) atoms. The molecule has 0 saturated carbocycles. The van der Waals surface area contributed by atoms with Crippen LogP contribution in [0.5, 0.6) is 5.75 Å². The van der Waals surface area contributed by atoms with Crippen molar-refractivity contribution in [1.82, 2.24) is 5.32 Å². The first-order chi connectivity index (χ1) is 11.1. The number of rotatable bonds is 4. The van der Waals surface area contributed by atoms with E-state index in [0.717, 1.165) is 29.9 Å². The van der Waals surface area contributed by atoms with E-state index in [1.807, 2.05) is 56.3 Å². The molecule has 3 nitrogen and oxygen atoms in total. The fourth-order valence-electron chi connectivity index (χ4n) is 2.77. The minimum Gasteiger partial charge on any atom is -0.493 e. The maximum Gasteiger partial charge on any atom is 0.244 e. The zero-order valence-electron chi connectivity index (χ0n) is 13.5. The lowest BCUT2D eigenvalue weighted by molar-refractivity contribution is -0.117. The highest BCUT2D eigenvalue weighted by atomic mass is 16.5. The lowest BCUT2D eigenvalue weighted by Gasteiger charge is -2.14. The summed E-state index contributed by atoms with van der Waals surface area (Å²) in [4.78, 5) is 12.1. The van der Waals surface area contributed by atoms with Gasteiger partial charge in [-0.05, 0) is 48.7 Å². The maximum absolute atomic E-state index is 12.1. The van der Waals surface area contributed by atoms with E-state index in [4.69, 9.17) is 4.74 Å². The summed E-state index contributed by atoms with van der Waals surface area (Å²) in [6.45, 7) is 4.78. The van der Waals surface area contributed by atoms with Crippen molar-refractivity contribution in [3.8, 4) is 5.75 Å². The van der Waals surface area contributed by atoms with Gasteiger partial charge in [0.2, 0.25) is 5.91 Å². The Morgan fingerprint density at radius 3 is 2.96 bits per heavy atom. The first-order valence-electron chi connectivity index (χ1n) is 7.93. The van der Waals surface area contributed by atoms with Crippen LogP contribution >= 0.6 is 0 Å². The molecule has 0 spiro atoms. The Labute approximate surface area is 137 Å². The van der Waals surface area contributed by atoms with Crippen LogP contribution in [0.15, 0.2) is 48.5 Å². The average Bonchev–Trinajstić information content (AvgIpc) is 3.00. The van der Waals surface area contributed by atoms with Gasteiger partial charge in [0.25, 0.3) is 0 Å². The molecular weight excluding hydrogens is 286 g/mol. The zero-order valence-corrected chi connectivity index (χ0v) is 13.5. The van der Waals surface area contributed by atoms with Gasteiger partial charge < -0.3 is 10.1 Å². The van der Waals surface area contributed by atoms with E-state index in [-0.39, 0.29) is 11.9 Å². The summed E-state index contributed by atoms with van der Waals surface area (Å²) in [5.41, 5.74) is 4.54. The fourth-order valence-corrected chi connectivity index (χ4v) is 2.77. The van der Waals surface area contributed by atoms with Gasteiger partial charge in [-0.2, -0.15) is 0 Å². The topological polar surface area (TPSA) is 38.3 Å². The minimum absolute atomic E-state index is 0.0319. The maximum atomic E-state index is 12.1. The van der Waals surface area contributed by atoms with Gasteiger partial charge in [0.15, 0.2) is 0 Å². The number of amides is 1. The van der Waals surface area contributed by atoms with Gasteiger partial charge in [0.05, 0.1) is 12.6 Å². The van der Waals surface area contributed by atoms with E-state index in [1.54, 1.807) is 6.08 Å². The van der Waals surface area contributed by atoms with Gasteiger partial charge >= 0.3 is 0 Å². The van der Waals surface area contributed by atoms with E-state index in [2.05, 4.69) is 11.4 Å². The number of nitrogens with one attached hydrogen (secondary N) is 1. The molecule has 2 aromatic carbocycles. The van der Waals surface area contributed by atoms with E-state index in [1.165, 1.54) is 11.1 Å². The summed E-state index contributed by atoms with van der Waals surface area (Å²) in [6.07, 6.45) is 4.37. The van der Waals surface area contributed by atoms with Gasteiger partial charge in [0, 0.05) is 12.5 Å². The first-order valence-corrected chi connectivity index (χ1v) is 7.93. The van der Waals surface area contributed by atoms with Crippen LogP contribution in [0, 0.1) is 6.92 Å². The molecule has 0 aliphatic carbocycles. The SMILES string of the molecule is Cc1cccc(C=CC(=O)NC(C)c2ccc3c(c2)CCO3)c1. The molecule has 2 aromatic rings. The number of carbonyl (C=O) groups is 1. The summed E-state index contributed by atoms with van der Waals surface area (Å²) in [7, 11) is 0. The molecule has 0 fully saturated rings. The quantitative estimate of drug-likeness (QED) is 0.872. The van der Waals surface area contributed by atoms with Crippen LogP contribution in [0.25, 0.3) is 6.08 Å². The number of hydrogen-bond acceptors (Lipinski definition) is 2. The summed E-state index contributed by atoms with van der Waals surface area (Å²) in [5.74, 6) is 0.877. The molecule has 3 heteroatoms. The van der Waals surface area contributed by atoms with Crippen LogP contribution < -0.4 is 10.1 Å². The molecule has 1 atom stereocenters. The van der Waals surface area contributed by atoms with Crippen molar-refractivity contribution in [2.75, 3.05) is 6.61 Å². The zero-order chi connectivity index (χ0) is 16.2. The van der Waals surface area contributed by atoms with Crippen LogP contribution in [0.1, 0.15) is 35.2 Å². The number of ether oxygens (including phenoxy) is 1. The largest absolute Gasteiger partial charge is 0.493 e. The normalized spacial score (nSPS) is 14.3. The van der Waals surface area contributed by atoms with E-state index in [9.17, 15) is 4.79 Å². The first kappa shape index (κ1) is 15.3. The Balaban J connectivity index is 1.63. The van der Waals surface area contributed by atoms with Gasteiger partial charge in [-0.25, -0.2) is 0 Å². The Morgan fingerprint density at radius 1 is 1.26 bits per heavy atom. The number of hydrogen-bond donors (Lipinski definition) is 1. The lowest BCUT2D eigenvalue weighted by atomic mass is 10.0. The van der Waals surface area contributed by atoms with Crippen LogP contribution in [-0.2, 0) is 11.2 Å². The molecule has 3 rings (SSSR count). The van der Waals surface area contributed by atoms with Crippen molar-refractivity contribution in [2.45, 2.75) is 26.3 Å². The van der Waals surface area contributed by atoms with Crippen molar-refractivity contribution in [2.24, 2.45) is 0 Å². The lowest BCUT2D eigenvalue weighted by Crippen LogP contribution is -2.24. The fraction of sp³-hybridized carbons (Fsp3) is 0.250. The molecule has 1 N–H and O–H groups in total. The Kier molecular flexibility index (Phi) is 4.47.